The predicted molar refractivity (Wildman–Crippen MR) is 81.2 cm³/mol. The number of nitrogens with one attached hydrogen (secondary N) is 1. The third kappa shape index (κ3) is 3.21. The lowest BCUT2D eigenvalue weighted by atomic mass is 10.0. The van der Waals surface area contributed by atoms with Gasteiger partial charge in [0, 0.05) is 0 Å². The zero-order chi connectivity index (χ0) is 13.8. The van der Waals surface area contributed by atoms with Crippen molar-refractivity contribution in [1.82, 2.24) is 10.4 Å². The molecule has 1 atom stereocenters. The van der Waals surface area contributed by atoms with Gasteiger partial charge in [0.2, 0.25) is 0 Å². The standard InChI is InChI=1S/C15H21N3S/c1-4-6-12-7-5-8-13(9-12)14(18-16)15-10(2)17-11(3)19-15/h5,7-9,14,18H,4,6,16H2,1-3H3. The van der Waals surface area contributed by atoms with Gasteiger partial charge in [-0.2, -0.15) is 0 Å². The maximum atomic E-state index is 5.77. The first-order chi connectivity index (χ1) is 9.15. The molecule has 3 N–H and O–H groups in total. The van der Waals surface area contributed by atoms with Crippen LogP contribution in [0.1, 0.15) is 46.1 Å². The number of hydrogen-bond donors (Lipinski definition) is 2. The number of nitrogens with two attached hydrogens (primary N) is 1. The highest BCUT2D eigenvalue weighted by Crippen LogP contribution is 2.29. The van der Waals surface area contributed by atoms with Crippen molar-refractivity contribution in [2.75, 3.05) is 0 Å². The molecule has 3 nitrogen and oxygen atoms in total. The average Bonchev–Trinajstić information content (AvgIpc) is 2.71. The summed E-state index contributed by atoms with van der Waals surface area (Å²) in [6.45, 7) is 6.27. The first-order valence-electron chi connectivity index (χ1n) is 6.64. The summed E-state index contributed by atoms with van der Waals surface area (Å²) in [7, 11) is 0. The van der Waals surface area contributed by atoms with Crippen molar-refractivity contribution in [3.05, 3.63) is 51.0 Å². The fourth-order valence-corrected chi connectivity index (χ4v) is 3.37. The SMILES string of the molecule is CCCc1cccc(C(NN)c2sc(C)nc2C)c1. The summed E-state index contributed by atoms with van der Waals surface area (Å²) in [5, 5.41) is 1.08. The highest BCUT2D eigenvalue weighted by molar-refractivity contribution is 7.11. The topological polar surface area (TPSA) is 50.9 Å². The van der Waals surface area contributed by atoms with Crippen LogP contribution in [0.15, 0.2) is 24.3 Å². The minimum Gasteiger partial charge on any atom is -0.271 e. The zero-order valence-corrected chi connectivity index (χ0v) is 12.6. The van der Waals surface area contributed by atoms with Crippen LogP contribution in [0.4, 0.5) is 0 Å². The number of nitrogens with zero attached hydrogens (tertiary/aromatic N) is 1. The molecule has 0 saturated heterocycles. The van der Waals surface area contributed by atoms with E-state index in [0.29, 0.717) is 0 Å². The Hall–Kier alpha value is -1.23. The second kappa shape index (κ2) is 6.28. The highest BCUT2D eigenvalue weighted by atomic mass is 32.1. The third-order valence-electron chi connectivity index (χ3n) is 3.19. The van der Waals surface area contributed by atoms with E-state index in [1.54, 1.807) is 11.3 Å². The zero-order valence-electron chi connectivity index (χ0n) is 11.7. The Morgan fingerprint density at radius 1 is 1.37 bits per heavy atom. The fraction of sp³-hybridized carbons (Fsp3) is 0.400. The second-order valence-corrected chi connectivity index (χ2v) is 6.01. The lowest BCUT2D eigenvalue weighted by molar-refractivity contribution is 0.641. The number of rotatable bonds is 5. The van der Waals surface area contributed by atoms with Gasteiger partial charge in [-0.15, -0.1) is 11.3 Å². The third-order valence-corrected chi connectivity index (χ3v) is 4.33. The van der Waals surface area contributed by atoms with E-state index >= 15 is 0 Å². The van der Waals surface area contributed by atoms with E-state index in [1.807, 2.05) is 13.8 Å². The molecule has 2 aromatic rings. The van der Waals surface area contributed by atoms with Crippen LogP contribution in [0.3, 0.4) is 0 Å². The smallest absolute Gasteiger partial charge is 0.0900 e. The van der Waals surface area contributed by atoms with Gasteiger partial charge < -0.3 is 0 Å². The molecule has 19 heavy (non-hydrogen) atoms. The van der Waals surface area contributed by atoms with Crippen molar-refractivity contribution in [3.8, 4) is 0 Å². The summed E-state index contributed by atoms with van der Waals surface area (Å²) in [6.07, 6.45) is 2.26. The van der Waals surface area contributed by atoms with Gasteiger partial charge in [0.25, 0.3) is 0 Å². The number of hydrazine groups is 1. The van der Waals surface area contributed by atoms with Crippen molar-refractivity contribution >= 4 is 11.3 Å². The van der Waals surface area contributed by atoms with E-state index in [4.69, 9.17) is 5.84 Å². The highest BCUT2D eigenvalue weighted by Gasteiger charge is 2.18. The minimum absolute atomic E-state index is 0.0306. The van der Waals surface area contributed by atoms with Crippen molar-refractivity contribution in [3.63, 3.8) is 0 Å². The van der Waals surface area contributed by atoms with E-state index in [1.165, 1.54) is 16.0 Å². The van der Waals surface area contributed by atoms with E-state index in [2.05, 4.69) is 41.6 Å². The molecule has 0 aliphatic rings. The Morgan fingerprint density at radius 2 is 2.16 bits per heavy atom. The summed E-state index contributed by atoms with van der Waals surface area (Å²) < 4.78 is 0. The summed E-state index contributed by atoms with van der Waals surface area (Å²) >= 11 is 1.71. The Balaban J connectivity index is 2.36. The van der Waals surface area contributed by atoms with Gasteiger partial charge in [-0.1, -0.05) is 37.6 Å². The molecule has 0 spiro atoms. The molecule has 0 radical (unpaired) electrons. The van der Waals surface area contributed by atoms with Gasteiger partial charge in [-0.05, 0) is 31.4 Å². The molecule has 1 heterocycles. The molecule has 4 heteroatoms. The predicted octanol–water partition coefficient (Wildman–Crippen LogP) is 3.27. The molecule has 0 bridgehead atoms. The van der Waals surface area contributed by atoms with Crippen LogP contribution >= 0.6 is 11.3 Å². The van der Waals surface area contributed by atoms with E-state index in [-0.39, 0.29) is 6.04 Å². The Morgan fingerprint density at radius 3 is 2.74 bits per heavy atom. The number of thiazole rings is 1. The molecule has 0 aliphatic carbocycles. The van der Waals surface area contributed by atoms with Gasteiger partial charge in [-0.25, -0.2) is 10.4 Å². The van der Waals surface area contributed by atoms with Gasteiger partial charge in [0.05, 0.1) is 21.6 Å². The van der Waals surface area contributed by atoms with E-state index in [9.17, 15) is 0 Å². The first-order valence-corrected chi connectivity index (χ1v) is 7.46. The monoisotopic (exact) mass is 275 g/mol. The van der Waals surface area contributed by atoms with Crippen molar-refractivity contribution in [2.24, 2.45) is 5.84 Å². The molecule has 1 unspecified atom stereocenters. The number of aromatic nitrogens is 1. The summed E-state index contributed by atoms with van der Waals surface area (Å²) in [4.78, 5) is 5.69. The van der Waals surface area contributed by atoms with Crippen molar-refractivity contribution in [1.29, 1.82) is 0 Å². The summed E-state index contributed by atoms with van der Waals surface area (Å²) in [5.41, 5.74) is 6.56. The minimum atomic E-state index is 0.0306. The van der Waals surface area contributed by atoms with Gasteiger partial charge in [-0.3, -0.25) is 5.84 Å². The van der Waals surface area contributed by atoms with E-state index in [0.717, 1.165) is 23.5 Å². The molecule has 1 aromatic carbocycles. The van der Waals surface area contributed by atoms with E-state index < -0.39 is 0 Å². The maximum absolute atomic E-state index is 5.77. The number of hydrogen-bond acceptors (Lipinski definition) is 4. The quantitative estimate of drug-likeness (QED) is 0.650. The molecule has 102 valence electrons. The largest absolute Gasteiger partial charge is 0.271 e. The molecule has 2 rings (SSSR count). The fourth-order valence-electron chi connectivity index (χ4n) is 2.36. The molecule has 0 aliphatic heterocycles. The van der Waals surface area contributed by atoms with Crippen LogP contribution in [0.5, 0.6) is 0 Å². The lowest BCUT2D eigenvalue weighted by Crippen LogP contribution is -2.28. The van der Waals surface area contributed by atoms with Gasteiger partial charge in [0.1, 0.15) is 0 Å². The second-order valence-electron chi connectivity index (χ2n) is 4.78. The van der Waals surface area contributed by atoms with Gasteiger partial charge >= 0.3 is 0 Å². The van der Waals surface area contributed by atoms with Crippen LogP contribution < -0.4 is 11.3 Å². The number of aryl methyl sites for hydroxylation is 3. The van der Waals surface area contributed by atoms with Crippen LogP contribution in [0.25, 0.3) is 0 Å². The molecule has 1 aromatic heterocycles. The molecule has 0 amide bonds. The van der Waals surface area contributed by atoms with Gasteiger partial charge in [0.15, 0.2) is 0 Å². The van der Waals surface area contributed by atoms with Crippen LogP contribution in [0, 0.1) is 13.8 Å². The Kier molecular flexibility index (Phi) is 4.69. The van der Waals surface area contributed by atoms with Crippen molar-refractivity contribution < 1.29 is 0 Å². The Bertz CT molecular complexity index is 548. The molecular formula is C15H21N3S. The molecular weight excluding hydrogens is 254 g/mol. The van der Waals surface area contributed by atoms with Crippen LogP contribution in [0.2, 0.25) is 0 Å². The lowest BCUT2D eigenvalue weighted by Gasteiger charge is -2.16. The Labute approximate surface area is 118 Å². The average molecular weight is 275 g/mol. The maximum Gasteiger partial charge on any atom is 0.0900 e. The first kappa shape index (κ1) is 14.2. The normalized spacial score (nSPS) is 12.6. The molecule has 0 saturated carbocycles. The van der Waals surface area contributed by atoms with Crippen LogP contribution in [-0.4, -0.2) is 4.98 Å². The van der Waals surface area contributed by atoms with Crippen molar-refractivity contribution in [2.45, 2.75) is 39.7 Å². The molecule has 0 fully saturated rings. The summed E-state index contributed by atoms with van der Waals surface area (Å²) in [5.74, 6) is 5.77. The summed E-state index contributed by atoms with van der Waals surface area (Å²) in [6, 6.07) is 8.67. The number of benzene rings is 1. The van der Waals surface area contributed by atoms with Crippen LogP contribution in [-0.2, 0) is 6.42 Å².